The van der Waals surface area contributed by atoms with Crippen molar-refractivity contribution in [3.05, 3.63) is 35.4 Å². The van der Waals surface area contributed by atoms with E-state index in [1.165, 1.54) is 18.4 Å². The molecule has 2 rings (SSSR count). The van der Waals surface area contributed by atoms with Gasteiger partial charge in [-0.1, -0.05) is 24.3 Å². The van der Waals surface area contributed by atoms with Crippen LogP contribution < -0.4 is 5.32 Å². The van der Waals surface area contributed by atoms with Crippen molar-refractivity contribution in [2.45, 2.75) is 37.0 Å². The molecule has 3 nitrogen and oxygen atoms in total. The Morgan fingerprint density at radius 3 is 2.53 bits per heavy atom. The quantitative estimate of drug-likeness (QED) is 0.806. The highest BCUT2D eigenvalue weighted by molar-refractivity contribution is 8.00. The van der Waals surface area contributed by atoms with E-state index in [1.54, 1.807) is 6.92 Å². The number of benzene rings is 1. The second-order valence-electron chi connectivity index (χ2n) is 5.29. The van der Waals surface area contributed by atoms with E-state index < -0.39 is 11.9 Å². The lowest BCUT2D eigenvalue weighted by Crippen LogP contribution is -2.25. The van der Waals surface area contributed by atoms with Gasteiger partial charge in [-0.15, -0.1) is 0 Å². The number of rotatable bonds is 7. The summed E-state index contributed by atoms with van der Waals surface area (Å²) >= 11 is 1.96. The summed E-state index contributed by atoms with van der Waals surface area (Å²) in [6.07, 6.45) is 4.81. The normalized spacial score (nSPS) is 18.0. The molecule has 1 aromatic carbocycles. The zero-order chi connectivity index (χ0) is 13.9. The molecule has 0 saturated heterocycles. The van der Waals surface area contributed by atoms with E-state index in [0.29, 0.717) is 4.75 Å². The maximum absolute atomic E-state index is 10.9. The van der Waals surface area contributed by atoms with Gasteiger partial charge < -0.3 is 10.4 Å². The molecule has 0 radical (unpaired) electrons. The van der Waals surface area contributed by atoms with E-state index in [1.807, 2.05) is 36.0 Å². The third-order valence-electron chi connectivity index (χ3n) is 3.87. The molecule has 0 heterocycles. The molecule has 0 aliphatic heterocycles. The number of aliphatic carboxylic acids is 1. The van der Waals surface area contributed by atoms with Gasteiger partial charge in [-0.05, 0) is 37.1 Å². The summed E-state index contributed by atoms with van der Waals surface area (Å²) in [6.45, 7) is 3.62. The molecule has 0 spiro atoms. The maximum atomic E-state index is 10.9. The van der Waals surface area contributed by atoms with E-state index in [2.05, 4.69) is 11.6 Å². The van der Waals surface area contributed by atoms with Crippen LogP contribution in [0.5, 0.6) is 0 Å². The summed E-state index contributed by atoms with van der Waals surface area (Å²) in [4.78, 5) is 10.9. The van der Waals surface area contributed by atoms with E-state index in [4.69, 9.17) is 5.11 Å². The van der Waals surface area contributed by atoms with Gasteiger partial charge in [0, 0.05) is 17.8 Å². The Morgan fingerprint density at radius 1 is 1.42 bits per heavy atom. The van der Waals surface area contributed by atoms with Gasteiger partial charge in [0.05, 0.1) is 5.92 Å². The molecule has 1 saturated carbocycles. The number of carbonyl (C=O) groups is 1. The van der Waals surface area contributed by atoms with Gasteiger partial charge in [0.25, 0.3) is 0 Å². The Kier molecular flexibility index (Phi) is 4.53. The zero-order valence-electron chi connectivity index (χ0n) is 11.5. The number of thioether (sulfide) groups is 1. The lowest BCUT2D eigenvalue weighted by Gasteiger charge is -2.13. The van der Waals surface area contributed by atoms with Crippen molar-refractivity contribution in [3.63, 3.8) is 0 Å². The Labute approximate surface area is 118 Å². The monoisotopic (exact) mass is 279 g/mol. The summed E-state index contributed by atoms with van der Waals surface area (Å²) in [6, 6.07) is 7.86. The predicted octanol–water partition coefficient (Wildman–Crippen LogP) is 2.86. The van der Waals surface area contributed by atoms with E-state index in [9.17, 15) is 4.79 Å². The smallest absolute Gasteiger partial charge is 0.310 e. The van der Waals surface area contributed by atoms with Crippen LogP contribution in [0.1, 0.15) is 36.8 Å². The molecule has 19 heavy (non-hydrogen) atoms. The summed E-state index contributed by atoms with van der Waals surface area (Å²) in [5.74, 6) is -1.21. The predicted molar refractivity (Wildman–Crippen MR) is 79.7 cm³/mol. The Morgan fingerprint density at radius 2 is 2.05 bits per heavy atom. The van der Waals surface area contributed by atoms with Crippen LogP contribution in [0.2, 0.25) is 0 Å². The molecule has 1 aromatic rings. The standard InChI is InChI=1S/C15H21NO2S/c1-11(14(17)18)13-5-3-12(4-6-13)9-16-10-15(19-2)7-8-15/h3-6,11,16H,7-10H2,1-2H3,(H,17,18). The van der Waals surface area contributed by atoms with Crippen molar-refractivity contribution < 1.29 is 9.90 Å². The molecule has 1 unspecified atom stereocenters. The van der Waals surface area contributed by atoms with Crippen LogP contribution in [-0.2, 0) is 11.3 Å². The van der Waals surface area contributed by atoms with Crippen LogP contribution in [0, 0.1) is 0 Å². The van der Waals surface area contributed by atoms with Crippen LogP contribution in [0.3, 0.4) is 0 Å². The lowest BCUT2D eigenvalue weighted by atomic mass is 10.00. The minimum atomic E-state index is -0.776. The average Bonchev–Trinajstić information content (AvgIpc) is 3.19. The summed E-state index contributed by atoms with van der Waals surface area (Å²) in [7, 11) is 0. The third kappa shape index (κ3) is 3.74. The highest BCUT2D eigenvalue weighted by atomic mass is 32.2. The molecule has 2 N–H and O–H groups in total. The van der Waals surface area contributed by atoms with Crippen molar-refractivity contribution >= 4 is 17.7 Å². The summed E-state index contributed by atoms with van der Waals surface area (Å²) in [5, 5.41) is 12.4. The Hall–Kier alpha value is -1.00. The van der Waals surface area contributed by atoms with Gasteiger partial charge in [0.1, 0.15) is 0 Å². The van der Waals surface area contributed by atoms with E-state index in [0.717, 1.165) is 18.7 Å². The van der Waals surface area contributed by atoms with Crippen LogP contribution in [0.4, 0.5) is 0 Å². The van der Waals surface area contributed by atoms with Crippen LogP contribution in [0.15, 0.2) is 24.3 Å². The highest BCUT2D eigenvalue weighted by Crippen LogP contribution is 2.46. The van der Waals surface area contributed by atoms with Gasteiger partial charge in [0.2, 0.25) is 0 Å². The number of carboxylic acid groups (broad SMARTS) is 1. The zero-order valence-corrected chi connectivity index (χ0v) is 12.3. The molecule has 0 bridgehead atoms. The average molecular weight is 279 g/mol. The van der Waals surface area contributed by atoms with Gasteiger partial charge in [-0.3, -0.25) is 4.79 Å². The molecular formula is C15H21NO2S. The number of hydrogen-bond acceptors (Lipinski definition) is 3. The second kappa shape index (κ2) is 5.97. The van der Waals surface area contributed by atoms with Gasteiger partial charge in [0.15, 0.2) is 0 Å². The van der Waals surface area contributed by atoms with Crippen LogP contribution in [0.25, 0.3) is 0 Å². The fraction of sp³-hybridized carbons (Fsp3) is 0.533. The van der Waals surface area contributed by atoms with Crippen molar-refractivity contribution in [2.24, 2.45) is 0 Å². The SMILES string of the molecule is CSC1(CNCc2ccc(C(C)C(=O)O)cc2)CC1. The molecule has 1 aliphatic carbocycles. The molecular weight excluding hydrogens is 258 g/mol. The second-order valence-corrected chi connectivity index (χ2v) is 6.57. The number of carboxylic acids is 1. The van der Waals surface area contributed by atoms with Crippen LogP contribution in [-0.4, -0.2) is 28.6 Å². The van der Waals surface area contributed by atoms with Gasteiger partial charge >= 0.3 is 5.97 Å². The Balaban J connectivity index is 1.83. The van der Waals surface area contributed by atoms with E-state index in [-0.39, 0.29) is 0 Å². The fourth-order valence-corrected chi connectivity index (χ4v) is 2.85. The van der Waals surface area contributed by atoms with Crippen molar-refractivity contribution in [2.75, 3.05) is 12.8 Å². The maximum Gasteiger partial charge on any atom is 0.310 e. The largest absolute Gasteiger partial charge is 0.481 e. The first-order chi connectivity index (χ1) is 9.06. The molecule has 104 valence electrons. The van der Waals surface area contributed by atoms with Crippen molar-refractivity contribution in [1.82, 2.24) is 5.32 Å². The summed E-state index contributed by atoms with van der Waals surface area (Å²) in [5.41, 5.74) is 2.07. The first kappa shape index (κ1) is 14.4. The van der Waals surface area contributed by atoms with E-state index >= 15 is 0 Å². The van der Waals surface area contributed by atoms with Gasteiger partial charge in [-0.25, -0.2) is 0 Å². The highest BCUT2D eigenvalue weighted by Gasteiger charge is 2.41. The first-order valence-electron chi connectivity index (χ1n) is 6.64. The minimum Gasteiger partial charge on any atom is -0.481 e. The summed E-state index contributed by atoms with van der Waals surface area (Å²) < 4.78 is 0.484. The molecule has 0 amide bonds. The lowest BCUT2D eigenvalue weighted by molar-refractivity contribution is -0.138. The first-order valence-corrected chi connectivity index (χ1v) is 7.86. The third-order valence-corrected chi connectivity index (χ3v) is 5.29. The Bertz CT molecular complexity index is 440. The number of hydrogen-bond donors (Lipinski definition) is 2. The molecule has 0 aromatic heterocycles. The van der Waals surface area contributed by atoms with Gasteiger partial charge in [-0.2, -0.15) is 11.8 Å². The molecule has 4 heteroatoms. The number of nitrogens with one attached hydrogen (secondary N) is 1. The van der Waals surface area contributed by atoms with Crippen molar-refractivity contribution in [3.8, 4) is 0 Å². The minimum absolute atomic E-state index is 0.437. The molecule has 1 aliphatic rings. The van der Waals surface area contributed by atoms with Crippen molar-refractivity contribution in [1.29, 1.82) is 0 Å². The topological polar surface area (TPSA) is 49.3 Å². The van der Waals surface area contributed by atoms with Crippen LogP contribution >= 0.6 is 11.8 Å². The molecule has 1 fully saturated rings. The molecule has 1 atom stereocenters. The fourth-order valence-electron chi connectivity index (χ4n) is 2.09.